The molecular formula is C32H44N4O5S. The molecule has 0 aliphatic carbocycles. The number of nitrogens with zero attached hydrogens (tertiary/aromatic N) is 1. The Kier molecular flexibility index (Phi) is 11.1. The summed E-state index contributed by atoms with van der Waals surface area (Å²) in [7, 11) is -1.30. The highest BCUT2D eigenvalue weighted by Gasteiger charge is 2.28. The summed E-state index contributed by atoms with van der Waals surface area (Å²) in [6.45, 7) is 5.92. The maximum Gasteiger partial charge on any atom is 0.251 e. The average Bonchev–Trinajstić information content (AvgIpc) is 2.98. The van der Waals surface area contributed by atoms with Crippen LogP contribution in [0.4, 0.5) is 11.4 Å². The molecule has 0 spiro atoms. The highest BCUT2D eigenvalue weighted by atomic mass is 32.3. The molecule has 6 N–H and O–H groups in total. The number of aryl methyl sites for hydroxylation is 1. The normalized spacial score (nSPS) is 16.8. The van der Waals surface area contributed by atoms with Crippen LogP contribution in [0.25, 0.3) is 0 Å². The minimum Gasteiger partial charge on any atom is -0.496 e. The lowest BCUT2D eigenvalue weighted by Crippen LogP contribution is -2.48. The van der Waals surface area contributed by atoms with Crippen LogP contribution in [-0.4, -0.2) is 64.8 Å². The van der Waals surface area contributed by atoms with Crippen molar-refractivity contribution < 1.29 is 23.7 Å². The Balaban J connectivity index is 1.52. The Morgan fingerprint density at radius 3 is 2.55 bits per heavy atom. The number of rotatable bonds is 13. The molecule has 3 aromatic rings. The lowest BCUT2D eigenvalue weighted by atomic mass is 10.00. The molecule has 0 radical (unpaired) electrons. The summed E-state index contributed by atoms with van der Waals surface area (Å²) < 4.78 is 28.5. The van der Waals surface area contributed by atoms with E-state index in [0.717, 1.165) is 41.0 Å². The van der Waals surface area contributed by atoms with E-state index >= 15 is 0 Å². The van der Waals surface area contributed by atoms with E-state index in [-0.39, 0.29) is 12.5 Å². The van der Waals surface area contributed by atoms with Crippen molar-refractivity contribution in [3.05, 3.63) is 89.0 Å². The molecule has 0 aromatic heterocycles. The fraction of sp³-hybridized carbons (Fsp3) is 0.406. The standard InChI is InChI=1S/C32H44N4O5S/c1-4-34-27-18-26(19-28(20-27)36-14-8-9-15-42(36,39)40)32(38)35-29(16-24-10-6-5-7-11-24)30(37)22-33-21-25-13-12-23(2)31(17-25)41-3/h5-7,10-13,17-20,29-30,33-34,37,39-40H,4,8-9,14-16,21-22H2,1-3H3,(H,35,38). The van der Waals surface area contributed by atoms with Crippen molar-refractivity contribution in [1.29, 1.82) is 0 Å². The predicted octanol–water partition coefficient (Wildman–Crippen LogP) is 5.19. The molecule has 0 bridgehead atoms. The third-order valence-electron chi connectivity index (χ3n) is 7.47. The van der Waals surface area contributed by atoms with Crippen LogP contribution in [-0.2, 0) is 13.0 Å². The fourth-order valence-corrected chi connectivity index (χ4v) is 6.86. The number of aliphatic hydroxyl groups excluding tert-OH is 1. The highest BCUT2D eigenvalue weighted by molar-refractivity contribution is 8.25. The van der Waals surface area contributed by atoms with Gasteiger partial charge in [-0.3, -0.25) is 18.2 Å². The van der Waals surface area contributed by atoms with Crippen LogP contribution in [0.3, 0.4) is 0 Å². The number of carbonyl (C=O) groups is 1. The van der Waals surface area contributed by atoms with E-state index in [1.54, 1.807) is 23.5 Å². The second kappa shape index (κ2) is 14.8. The molecule has 9 nitrogen and oxygen atoms in total. The van der Waals surface area contributed by atoms with Crippen LogP contribution in [0.5, 0.6) is 5.75 Å². The number of hydrogen-bond acceptors (Lipinski definition) is 8. The minimum absolute atomic E-state index is 0.269. The number of aliphatic hydroxyl groups is 1. The topological polar surface area (TPSA) is 126 Å². The van der Waals surface area contributed by atoms with Gasteiger partial charge in [-0.15, -0.1) is 10.8 Å². The van der Waals surface area contributed by atoms with E-state index in [9.17, 15) is 19.0 Å². The molecule has 42 heavy (non-hydrogen) atoms. The van der Waals surface area contributed by atoms with Gasteiger partial charge in [0.05, 0.1) is 30.7 Å². The van der Waals surface area contributed by atoms with Gasteiger partial charge in [0.2, 0.25) is 0 Å². The first kappa shape index (κ1) is 31.7. The lowest BCUT2D eigenvalue weighted by molar-refractivity contribution is 0.0830. The minimum atomic E-state index is -2.95. The van der Waals surface area contributed by atoms with Gasteiger partial charge in [0.25, 0.3) is 5.91 Å². The Morgan fingerprint density at radius 1 is 1.05 bits per heavy atom. The number of nitrogens with one attached hydrogen (secondary N) is 3. The molecule has 1 aliphatic heterocycles. The number of carbonyl (C=O) groups excluding carboxylic acids is 1. The summed E-state index contributed by atoms with van der Waals surface area (Å²) in [5, 5.41) is 20.9. The van der Waals surface area contributed by atoms with E-state index in [2.05, 4.69) is 16.0 Å². The molecule has 0 saturated carbocycles. The van der Waals surface area contributed by atoms with Gasteiger partial charge in [-0.1, -0.05) is 42.5 Å². The molecule has 4 rings (SSSR count). The first-order valence-electron chi connectivity index (χ1n) is 14.5. The van der Waals surface area contributed by atoms with Crippen molar-refractivity contribution in [2.45, 2.75) is 51.8 Å². The van der Waals surface area contributed by atoms with Gasteiger partial charge < -0.3 is 25.8 Å². The second-order valence-electron chi connectivity index (χ2n) is 10.7. The van der Waals surface area contributed by atoms with Gasteiger partial charge in [0.15, 0.2) is 0 Å². The molecule has 2 atom stereocenters. The first-order valence-corrected chi connectivity index (χ1v) is 16.2. The average molecular weight is 597 g/mol. The maximum atomic E-state index is 13.7. The van der Waals surface area contributed by atoms with E-state index in [0.29, 0.717) is 43.1 Å². The van der Waals surface area contributed by atoms with Gasteiger partial charge >= 0.3 is 0 Å². The van der Waals surface area contributed by atoms with E-state index in [4.69, 9.17) is 4.74 Å². The number of benzene rings is 3. The predicted molar refractivity (Wildman–Crippen MR) is 172 cm³/mol. The smallest absolute Gasteiger partial charge is 0.251 e. The largest absolute Gasteiger partial charge is 0.496 e. The molecular weight excluding hydrogens is 552 g/mol. The Hall–Kier alpha value is -3.28. The monoisotopic (exact) mass is 596 g/mol. The van der Waals surface area contributed by atoms with Gasteiger partial charge in [-0.25, -0.2) is 0 Å². The molecule has 1 heterocycles. The van der Waals surface area contributed by atoms with Crippen LogP contribution >= 0.6 is 10.8 Å². The maximum absolute atomic E-state index is 13.7. The summed E-state index contributed by atoms with van der Waals surface area (Å²) in [6, 6.07) is 20.5. The molecule has 1 amide bonds. The first-order chi connectivity index (χ1) is 20.2. The van der Waals surface area contributed by atoms with Crippen LogP contribution < -0.4 is 25.0 Å². The van der Waals surface area contributed by atoms with Crippen LogP contribution in [0.2, 0.25) is 0 Å². The third kappa shape index (κ3) is 8.39. The molecule has 10 heteroatoms. The number of ether oxygens (including phenoxy) is 1. The zero-order chi connectivity index (χ0) is 30.1. The van der Waals surface area contributed by atoms with E-state index in [1.165, 1.54) is 0 Å². The molecule has 1 aliphatic rings. The summed E-state index contributed by atoms with van der Waals surface area (Å²) in [6.07, 6.45) is 1.17. The molecule has 1 fully saturated rings. The van der Waals surface area contributed by atoms with Crippen molar-refractivity contribution in [2.75, 3.05) is 42.1 Å². The van der Waals surface area contributed by atoms with Gasteiger partial charge in [0.1, 0.15) is 5.75 Å². The lowest BCUT2D eigenvalue weighted by Gasteiger charge is -2.47. The van der Waals surface area contributed by atoms with Crippen molar-refractivity contribution in [1.82, 2.24) is 10.6 Å². The van der Waals surface area contributed by atoms with E-state index < -0.39 is 22.9 Å². The SMILES string of the molecule is CCNc1cc(C(=O)NC(Cc2ccccc2)C(O)CNCc2ccc(C)c(OC)c2)cc(N2CCCCS2(O)O)c1. The summed E-state index contributed by atoms with van der Waals surface area (Å²) in [5.74, 6) is 0.787. The Morgan fingerprint density at radius 2 is 1.83 bits per heavy atom. The number of anilines is 2. The quantitative estimate of drug-likeness (QED) is 0.159. The second-order valence-corrected chi connectivity index (χ2v) is 12.8. The highest BCUT2D eigenvalue weighted by Crippen LogP contribution is 2.50. The summed E-state index contributed by atoms with van der Waals surface area (Å²) in [5.41, 5.74) is 4.77. The van der Waals surface area contributed by atoms with E-state index in [1.807, 2.05) is 68.4 Å². The Labute approximate surface area is 250 Å². The number of methoxy groups -OCH3 is 1. The summed E-state index contributed by atoms with van der Waals surface area (Å²) >= 11 is 0. The summed E-state index contributed by atoms with van der Waals surface area (Å²) in [4.78, 5) is 13.7. The van der Waals surface area contributed by atoms with Gasteiger partial charge in [0, 0.05) is 37.4 Å². The molecule has 1 saturated heterocycles. The van der Waals surface area contributed by atoms with Gasteiger partial charge in [-0.05, 0) is 74.1 Å². The molecule has 3 aromatic carbocycles. The zero-order valence-corrected chi connectivity index (χ0v) is 25.5. The number of amides is 1. The van der Waals surface area contributed by atoms with Crippen molar-refractivity contribution in [3.8, 4) is 5.75 Å². The van der Waals surface area contributed by atoms with Crippen molar-refractivity contribution in [2.24, 2.45) is 0 Å². The number of hydrogen-bond donors (Lipinski definition) is 6. The molecule has 228 valence electrons. The fourth-order valence-electron chi connectivity index (χ4n) is 5.18. The van der Waals surface area contributed by atoms with Crippen LogP contribution in [0, 0.1) is 6.92 Å². The van der Waals surface area contributed by atoms with Crippen molar-refractivity contribution >= 4 is 28.1 Å². The Bertz CT molecular complexity index is 1320. The van der Waals surface area contributed by atoms with Gasteiger partial charge in [-0.2, -0.15) is 0 Å². The van der Waals surface area contributed by atoms with Crippen LogP contribution in [0.1, 0.15) is 46.8 Å². The molecule has 2 unspecified atom stereocenters. The zero-order valence-electron chi connectivity index (χ0n) is 24.7. The van der Waals surface area contributed by atoms with Crippen LogP contribution in [0.15, 0.2) is 66.7 Å². The third-order valence-corrected chi connectivity index (χ3v) is 9.40. The van der Waals surface area contributed by atoms with Crippen molar-refractivity contribution in [3.63, 3.8) is 0 Å².